The van der Waals surface area contributed by atoms with Crippen molar-refractivity contribution in [3.63, 3.8) is 0 Å². The second-order valence-corrected chi connectivity index (χ2v) is 9.63. The van der Waals surface area contributed by atoms with Gasteiger partial charge in [-0.05, 0) is 17.5 Å². The van der Waals surface area contributed by atoms with Gasteiger partial charge in [0.25, 0.3) is 5.91 Å². The van der Waals surface area contributed by atoms with E-state index in [0.717, 1.165) is 0 Å². The summed E-state index contributed by atoms with van der Waals surface area (Å²) in [7, 11) is -3.94. The lowest BCUT2D eigenvalue weighted by Crippen LogP contribution is -2.49. The van der Waals surface area contributed by atoms with Crippen molar-refractivity contribution in [1.82, 2.24) is 14.7 Å². The molecule has 1 aliphatic rings. The average molecular weight is 420 g/mol. The van der Waals surface area contributed by atoms with Gasteiger partial charge >= 0.3 is 6.03 Å². The minimum atomic E-state index is -3.94. The highest BCUT2D eigenvalue weighted by Crippen LogP contribution is 2.43. The maximum atomic E-state index is 12.5. The highest BCUT2D eigenvalue weighted by atomic mass is 32.2. The van der Waals surface area contributed by atoms with Gasteiger partial charge in [0.1, 0.15) is 5.69 Å². The number of carbonyl (C=O) groups excluding carboxylic acids is 2. The molecule has 1 aliphatic heterocycles. The molecule has 0 fully saturated rings. The largest absolute Gasteiger partial charge is 0.365 e. The second-order valence-electron chi connectivity index (χ2n) is 8.07. The standard InChI is InChI=1S/C18H24N6O4S/c1-18(2,3)15-14-12(16(19)25)13(22-24(14)8-7-23(15)17(20)26)10-5-4-6-11(9-10)29(21,27)28/h4-6,9,15H,7-8H2,1-3H3,(H2,19,25)(H2,20,26)(H2,21,27,28). The molecule has 6 N–H and O–H groups in total. The highest BCUT2D eigenvalue weighted by molar-refractivity contribution is 7.89. The molecule has 1 aromatic carbocycles. The molecule has 10 nitrogen and oxygen atoms in total. The van der Waals surface area contributed by atoms with Gasteiger partial charge in [0, 0.05) is 12.1 Å². The van der Waals surface area contributed by atoms with E-state index >= 15 is 0 Å². The molecule has 1 aromatic heterocycles. The lowest BCUT2D eigenvalue weighted by Gasteiger charge is -2.42. The van der Waals surface area contributed by atoms with E-state index in [-0.39, 0.29) is 16.2 Å². The Balaban J connectivity index is 2.30. The van der Waals surface area contributed by atoms with Gasteiger partial charge in [-0.1, -0.05) is 32.9 Å². The molecule has 0 saturated carbocycles. The minimum Gasteiger partial charge on any atom is -0.365 e. The fourth-order valence-corrected chi connectivity index (χ4v) is 4.34. The molecule has 2 heterocycles. The first-order valence-corrected chi connectivity index (χ1v) is 10.5. The minimum absolute atomic E-state index is 0.109. The Morgan fingerprint density at radius 1 is 1.17 bits per heavy atom. The Morgan fingerprint density at radius 3 is 2.34 bits per heavy atom. The van der Waals surface area contributed by atoms with Crippen molar-refractivity contribution in [2.45, 2.75) is 38.3 Å². The Kier molecular flexibility index (Phi) is 4.91. The smallest absolute Gasteiger partial charge is 0.315 e. The lowest BCUT2D eigenvalue weighted by molar-refractivity contribution is 0.0899. The van der Waals surface area contributed by atoms with Gasteiger partial charge in [-0.2, -0.15) is 5.10 Å². The number of carbonyl (C=O) groups is 2. The molecule has 3 amide bonds. The van der Waals surface area contributed by atoms with E-state index in [4.69, 9.17) is 16.6 Å². The molecule has 3 rings (SSSR count). The molecule has 2 aromatic rings. The van der Waals surface area contributed by atoms with Gasteiger partial charge < -0.3 is 16.4 Å². The third-order valence-electron chi connectivity index (χ3n) is 4.90. The normalized spacial score (nSPS) is 17.1. The van der Waals surface area contributed by atoms with Crippen LogP contribution in [0.3, 0.4) is 0 Å². The number of nitrogens with zero attached hydrogens (tertiary/aromatic N) is 3. The Morgan fingerprint density at radius 2 is 1.83 bits per heavy atom. The molecule has 0 saturated heterocycles. The van der Waals surface area contributed by atoms with Crippen LogP contribution in [-0.2, 0) is 16.6 Å². The van der Waals surface area contributed by atoms with E-state index in [9.17, 15) is 18.0 Å². The summed E-state index contributed by atoms with van der Waals surface area (Å²) in [6, 6.07) is 4.67. The third kappa shape index (κ3) is 3.70. The fourth-order valence-electron chi connectivity index (χ4n) is 3.78. The van der Waals surface area contributed by atoms with Gasteiger partial charge in [0.15, 0.2) is 0 Å². The molecule has 156 valence electrons. The Bertz CT molecular complexity index is 1100. The van der Waals surface area contributed by atoms with Crippen LogP contribution in [0.5, 0.6) is 0 Å². The van der Waals surface area contributed by atoms with Crippen LogP contribution >= 0.6 is 0 Å². The number of benzene rings is 1. The number of hydrogen-bond donors (Lipinski definition) is 3. The van der Waals surface area contributed by atoms with E-state index in [1.54, 1.807) is 10.7 Å². The van der Waals surface area contributed by atoms with Crippen LogP contribution in [0, 0.1) is 5.41 Å². The molecule has 11 heteroatoms. The first-order valence-electron chi connectivity index (χ1n) is 8.92. The molecule has 1 unspecified atom stereocenters. The molecule has 0 radical (unpaired) electrons. The van der Waals surface area contributed by atoms with Gasteiger partial charge in [-0.25, -0.2) is 18.4 Å². The Labute approximate surface area is 168 Å². The van der Waals surface area contributed by atoms with Crippen LogP contribution < -0.4 is 16.6 Å². The zero-order valence-corrected chi connectivity index (χ0v) is 17.2. The molecular formula is C18H24N6O4S. The number of rotatable bonds is 3. The zero-order valence-electron chi connectivity index (χ0n) is 16.4. The van der Waals surface area contributed by atoms with E-state index in [1.165, 1.54) is 23.1 Å². The van der Waals surface area contributed by atoms with E-state index in [2.05, 4.69) is 5.10 Å². The summed E-state index contributed by atoms with van der Waals surface area (Å²) < 4.78 is 25.1. The monoisotopic (exact) mass is 420 g/mol. The molecule has 29 heavy (non-hydrogen) atoms. The summed E-state index contributed by atoms with van der Waals surface area (Å²) >= 11 is 0. The summed E-state index contributed by atoms with van der Waals surface area (Å²) in [5.41, 5.74) is 12.0. The highest BCUT2D eigenvalue weighted by Gasteiger charge is 2.42. The first kappa shape index (κ1) is 20.8. The number of urea groups is 1. The first-order chi connectivity index (χ1) is 13.3. The van der Waals surface area contributed by atoms with Gasteiger partial charge in [0.05, 0.1) is 28.7 Å². The number of primary amides is 2. The fraction of sp³-hybridized carbons (Fsp3) is 0.389. The van der Waals surface area contributed by atoms with Crippen LogP contribution in [0.1, 0.15) is 42.9 Å². The number of amides is 3. The number of primary sulfonamides is 1. The second kappa shape index (κ2) is 6.85. The zero-order chi connectivity index (χ0) is 21.7. The van der Waals surface area contributed by atoms with Gasteiger partial charge in [-0.3, -0.25) is 9.48 Å². The number of nitrogens with two attached hydrogens (primary N) is 3. The molecular weight excluding hydrogens is 396 g/mol. The summed E-state index contributed by atoms with van der Waals surface area (Å²) in [4.78, 5) is 25.9. The van der Waals surface area contributed by atoms with Crippen LogP contribution in [0.4, 0.5) is 4.79 Å². The number of fused-ring (bicyclic) bond motifs is 1. The summed E-state index contributed by atoms with van der Waals surface area (Å²) in [5, 5.41) is 9.75. The van der Waals surface area contributed by atoms with Crippen molar-refractivity contribution < 1.29 is 18.0 Å². The van der Waals surface area contributed by atoms with Crippen molar-refractivity contribution in [3.8, 4) is 11.3 Å². The van der Waals surface area contributed by atoms with Crippen LogP contribution in [-0.4, -0.2) is 41.6 Å². The quantitative estimate of drug-likeness (QED) is 0.666. The van der Waals surface area contributed by atoms with E-state index in [1.807, 2.05) is 20.8 Å². The van der Waals surface area contributed by atoms with Gasteiger partial charge in [0.2, 0.25) is 10.0 Å². The summed E-state index contributed by atoms with van der Waals surface area (Å²) in [5.74, 6) is -0.733. The van der Waals surface area contributed by atoms with Crippen LogP contribution in [0.15, 0.2) is 29.2 Å². The molecule has 0 bridgehead atoms. The average Bonchev–Trinajstić information content (AvgIpc) is 2.98. The summed E-state index contributed by atoms with van der Waals surface area (Å²) in [6.07, 6.45) is 0. The van der Waals surface area contributed by atoms with Crippen molar-refractivity contribution in [1.29, 1.82) is 0 Å². The van der Waals surface area contributed by atoms with E-state index < -0.39 is 33.4 Å². The number of hydrogen-bond acceptors (Lipinski definition) is 5. The molecule has 1 atom stereocenters. The van der Waals surface area contributed by atoms with Crippen molar-refractivity contribution in [2.75, 3.05) is 6.54 Å². The lowest BCUT2D eigenvalue weighted by atomic mass is 9.81. The van der Waals surface area contributed by atoms with Crippen molar-refractivity contribution in [2.24, 2.45) is 22.0 Å². The van der Waals surface area contributed by atoms with E-state index in [0.29, 0.717) is 24.3 Å². The van der Waals surface area contributed by atoms with Crippen LogP contribution in [0.2, 0.25) is 0 Å². The Hall–Kier alpha value is -2.92. The molecule has 0 aliphatic carbocycles. The maximum Gasteiger partial charge on any atom is 0.315 e. The van der Waals surface area contributed by atoms with Gasteiger partial charge in [-0.15, -0.1) is 0 Å². The summed E-state index contributed by atoms with van der Waals surface area (Å²) in [6.45, 7) is 6.40. The topological polar surface area (TPSA) is 167 Å². The SMILES string of the molecule is CC(C)(C)C1c2c(C(N)=O)c(-c3cccc(S(N)(=O)=O)c3)nn2CCN1C(N)=O. The number of sulfonamides is 1. The predicted octanol–water partition coefficient (Wildman–Crippen LogP) is 0.778. The number of aromatic nitrogens is 2. The van der Waals surface area contributed by atoms with Crippen molar-refractivity contribution >= 4 is 22.0 Å². The van der Waals surface area contributed by atoms with Crippen LogP contribution in [0.25, 0.3) is 11.3 Å². The predicted molar refractivity (Wildman–Crippen MR) is 106 cm³/mol. The maximum absolute atomic E-state index is 12.5. The molecule has 0 spiro atoms. The van der Waals surface area contributed by atoms with Crippen molar-refractivity contribution in [3.05, 3.63) is 35.5 Å². The third-order valence-corrected chi connectivity index (χ3v) is 5.81.